The largest absolute Gasteiger partial charge is 0.463 e. The molecule has 0 unspecified atom stereocenters. The van der Waals surface area contributed by atoms with Gasteiger partial charge in [-0.3, -0.25) is 9.59 Å². The number of esters is 1. The highest BCUT2D eigenvalue weighted by molar-refractivity contribution is 5.96. The van der Waals surface area contributed by atoms with Gasteiger partial charge in [0.15, 0.2) is 0 Å². The predicted molar refractivity (Wildman–Crippen MR) is 143 cm³/mol. The lowest BCUT2D eigenvalue weighted by molar-refractivity contribution is -0.140. The highest BCUT2D eigenvalue weighted by atomic mass is 19.4. The van der Waals surface area contributed by atoms with Gasteiger partial charge >= 0.3 is 12.1 Å². The van der Waals surface area contributed by atoms with Gasteiger partial charge < -0.3 is 19.9 Å². The molecule has 0 aliphatic carbocycles. The van der Waals surface area contributed by atoms with Crippen LogP contribution in [0.25, 0.3) is 0 Å². The maximum absolute atomic E-state index is 13.2. The number of ether oxygens (including phenoxy) is 1. The minimum Gasteiger partial charge on any atom is -0.463 e. The Labute approximate surface area is 232 Å². The molecule has 2 aromatic rings. The number of nitrogens with one attached hydrogen (secondary N) is 1. The second kappa shape index (κ2) is 12.7. The van der Waals surface area contributed by atoms with E-state index in [-0.39, 0.29) is 37.0 Å². The Hall–Kier alpha value is -3.66. The molecule has 1 fully saturated rings. The number of halogens is 3. The third kappa shape index (κ3) is 6.91. The molecule has 2 aliphatic heterocycles. The Morgan fingerprint density at radius 3 is 2.27 bits per heavy atom. The number of amides is 2. The van der Waals surface area contributed by atoms with Gasteiger partial charge in [-0.25, -0.2) is 4.79 Å². The number of benzene rings is 2. The van der Waals surface area contributed by atoms with E-state index in [0.29, 0.717) is 23.4 Å². The molecule has 4 rings (SSSR count). The molecule has 1 atom stereocenters. The summed E-state index contributed by atoms with van der Waals surface area (Å²) < 4.78 is 44.4. The van der Waals surface area contributed by atoms with Crippen LogP contribution in [0.5, 0.6) is 0 Å². The SMILES string of the molecule is CCOC(=O)C1=C(C)N(Cc2ccc(C(=O)NCCN3CCCC3)cc2)C(=O)C[C@H]1c1ccc(C(F)(F)F)cc1. The summed E-state index contributed by atoms with van der Waals surface area (Å²) in [6.45, 7) is 7.12. The molecule has 0 saturated carbocycles. The van der Waals surface area contributed by atoms with Crippen molar-refractivity contribution in [1.29, 1.82) is 0 Å². The van der Waals surface area contributed by atoms with Gasteiger partial charge in [-0.2, -0.15) is 13.2 Å². The van der Waals surface area contributed by atoms with E-state index in [2.05, 4.69) is 10.2 Å². The van der Waals surface area contributed by atoms with Crippen molar-refractivity contribution in [3.63, 3.8) is 0 Å². The van der Waals surface area contributed by atoms with Gasteiger partial charge in [0.25, 0.3) is 5.91 Å². The molecule has 0 bridgehead atoms. The molecule has 1 saturated heterocycles. The monoisotopic (exact) mass is 557 g/mol. The van der Waals surface area contributed by atoms with Gasteiger partial charge in [0, 0.05) is 36.7 Å². The summed E-state index contributed by atoms with van der Waals surface area (Å²) in [5.74, 6) is -1.76. The van der Waals surface area contributed by atoms with Crippen molar-refractivity contribution in [2.45, 2.75) is 51.7 Å². The predicted octanol–water partition coefficient (Wildman–Crippen LogP) is 4.88. The van der Waals surface area contributed by atoms with E-state index in [4.69, 9.17) is 4.74 Å². The third-order valence-corrected chi connectivity index (χ3v) is 7.43. The molecular weight excluding hydrogens is 523 g/mol. The summed E-state index contributed by atoms with van der Waals surface area (Å²) in [6, 6.07) is 11.4. The van der Waals surface area contributed by atoms with Crippen molar-refractivity contribution < 1.29 is 32.3 Å². The standard InChI is InChI=1S/C30H34F3N3O4/c1-3-40-29(39)27-20(2)36(26(37)18-25(27)22-10-12-24(13-11-22)30(31,32)33)19-21-6-8-23(9-7-21)28(38)34-14-17-35-15-4-5-16-35/h6-13,25H,3-5,14-19H2,1-2H3,(H,34,38)/t25-/m0/s1. The topological polar surface area (TPSA) is 79.0 Å². The Bertz CT molecular complexity index is 1250. The molecule has 214 valence electrons. The summed E-state index contributed by atoms with van der Waals surface area (Å²) in [5, 5.41) is 2.94. The van der Waals surface area contributed by atoms with Gasteiger partial charge in [0.05, 0.1) is 24.3 Å². The van der Waals surface area contributed by atoms with E-state index in [1.807, 2.05) is 0 Å². The lowest BCUT2D eigenvalue weighted by Crippen LogP contribution is -2.38. The lowest BCUT2D eigenvalue weighted by Gasteiger charge is -2.34. The van der Waals surface area contributed by atoms with Crippen LogP contribution >= 0.6 is 0 Å². The Morgan fingerprint density at radius 2 is 1.68 bits per heavy atom. The first-order valence-corrected chi connectivity index (χ1v) is 13.5. The zero-order valence-electron chi connectivity index (χ0n) is 22.7. The summed E-state index contributed by atoms with van der Waals surface area (Å²) in [6.07, 6.45) is -2.19. The minimum atomic E-state index is -4.49. The van der Waals surface area contributed by atoms with Crippen molar-refractivity contribution in [3.8, 4) is 0 Å². The molecule has 40 heavy (non-hydrogen) atoms. The quantitative estimate of drug-likeness (QED) is 0.445. The van der Waals surface area contributed by atoms with Crippen molar-refractivity contribution in [2.75, 3.05) is 32.8 Å². The summed E-state index contributed by atoms with van der Waals surface area (Å²) in [4.78, 5) is 42.5. The van der Waals surface area contributed by atoms with Crippen molar-refractivity contribution in [2.24, 2.45) is 0 Å². The number of carbonyl (C=O) groups excluding carboxylic acids is 3. The zero-order valence-corrected chi connectivity index (χ0v) is 22.7. The fourth-order valence-corrected chi connectivity index (χ4v) is 5.25. The average Bonchev–Trinajstić information content (AvgIpc) is 3.44. The van der Waals surface area contributed by atoms with Crippen LogP contribution in [0.1, 0.15) is 66.1 Å². The van der Waals surface area contributed by atoms with Crippen molar-refractivity contribution in [3.05, 3.63) is 82.1 Å². The van der Waals surface area contributed by atoms with E-state index < -0.39 is 23.6 Å². The maximum Gasteiger partial charge on any atom is 0.416 e. The van der Waals surface area contributed by atoms with E-state index in [9.17, 15) is 27.6 Å². The van der Waals surface area contributed by atoms with E-state index in [1.165, 1.54) is 29.9 Å². The Balaban J connectivity index is 1.49. The molecular formula is C30H34F3N3O4. The summed E-state index contributed by atoms with van der Waals surface area (Å²) >= 11 is 0. The second-order valence-electron chi connectivity index (χ2n) is 10.1. The van der Waals surface area contributed by atoms with Crippen molar-refractivity contribution >= 4 is 17.8 Å². The number of allylic oxidation sites excluding steroid dienone is 1. The van der Waals surface area contributed by atoms with Crippen LogP contribution in [0.15, 0.2) is 59.8 Å². The Kier molecular flexibility index (Phi) is 9.29. The van der Waals surface area contributed by atoms with E-state index in [1.54, 1.807) is 38.1 Å². The molecule has 2 aliphatic rings. The number of nitrogens with zero attached hydrogens (tertiary/aromatic N) is 2. The first-order chi connectivity index (χ1) is 19.1. The molecule has 7 nitrogen and oxygen atoms in total. The Morgan fingerprint density at radius 1 is 1.02 bits per heavy atom. The van der Waals surface area contributed by atoms with Gasteiger partial charge in [-0.05, 0) is 75.2 Å². The van der Waals surface area contributed by atoms with Crippen LogP contribution in [0.2, 0.25) is 0 Å². The fourth-order valence-electron chi connectivity index (χ4n) is 5.25. The number of alkyl halides is 3. The lowest BCUT2D eigenvalue weighted by atomic mass is 9.83. The van der Waals surface area contributed by atoms with Crippen LogP contribution < -0.4 is 5.32 Å². The van der Waals surface area contributed by atoms with Gasteiger partial charge in [0.1, 0.15) is 0 Å². The van der Waals surface area contributed by atoms with Crippen molar-refractivity contribution in [1.82, 2.24) is 15.1 Å². The van der Waals surface area contributed by atoms with Crippen LogP contribution in [0, 0.1) is 0 Å². The minimum absolute atomic E-state index is 0.0889. The maximum atomic E-state index is 13.2. The van der Waals surface area contributed by atoms with Gasteiger partial charge in [0.2, 0.25) is 5.91 Å². The summed E-state index contributed by atoms with van der Waals surface area (Å²) in [7, 11) is 0. The number of carbonyl (C=O) groups is 3. The zero-order chi connectivity index (χ0) is 28.9. The fraction of sp³-hybridized carbons (Fsp3) is 0.433. The number of hydrogen-bond acceptors (Lipinski definition) is 5. The summed E-state index contributed by atoms with van der Waals surface area (Å²) in [5.41, 5.74) is 1.54. The molecule has 0 radical (unpaired) electrons. The molecule has 0 aromatic heterocycles. The first kappa shape index (κ1) is 29.3. The van der Waals surface area contributed by atoms with Crippen LogP contribution in [-0.4, -0.2) is 60.4 Å². The highest BCUT2D eigenvalue weighted by Crippen LogP contribution is 2.39. The van der Waals surface area contributed by atoms with Crippen LogP contribution in [-0.2, 0) is 27.0 Å². The molecule has 1 N–H and O–H groups in total. The highest BCUT2D eigenvalue weighted by Gasteiger charge is 2.37. The molecule has 2 aromatic carbocycles. The smallest absolute Gasteiger partial charge is 0.416 e. The second-order valence-corrected chi connectivity index (χ2v) is 10.1. The van der Waals surface area contributed by atoms with E-state index >= 15 is 0 Å². The third-order valence-electron chi connectivity index (χ3n) is 7.43. The van der Waals surface area contributed by atoms with E-state index in [0.717, 1.165) is 37.3 Å². The molecule has 10 heteroatoms. The number of rotatable bonds is 9. The normalized spacial score (nSPS) is 18.3. The molecule has 0 spiro atoms. The van der Waals surface area contributed by atoms with Gasteiger partial charge in [-0.15, -0.1) is 0 Å². The number of hydrogen-bond donors (Lipinski definition) is 1. The first-order valence-electron chi connectivity index (χ1n) is 13.5. The number of likely N-dealkylation sites (tertiary alicyclic amines) is 1. The van der Waals surface area contributed by atoms with Gasteiger partial charge in [-0.1, -0.05) is 24.3 Å². The van der Waals surface area contributed by atoms with Crippen LogP contribution in [0.4, 0.5) is 13.2 Å². The van der Waals surface area contributed by atoms with Crippen LogP contribution in [0.3, 0.4) is 0 Å². The molecule has 2 heterocycles. The average molecular weight is 558 g/mol. The molecule has 2 amide bonds.